The minimum absolute atomic E-state index is 0.0997. The van der Waals surface area contributed by atoms with Crippen LogP contribution >= 0.6 is 23.2 Å². The molecule has 0 saturated heterocycles. The highest BCUT2D eigenvalue weighted by Crippen LogP contribution is 2.34. The van der Waals surface area contributed by atoms with Gasteiger partial charge in [0.2, 0.25) is 0 Å². The van der Waals surface area contributed by atoms with Crippen molar-refractivity contribution in [2.45, 2.75) is 6.92 Å². The molecular formula is C13H6Cl2F4. The van der Waals surface area contributed by atoms with E-state index in [0.29, 0.717) is 0 Å². The molecular weight excluding hydrogens is 303 g/mol. The largest absolute Gasteiger partial charge is 0.203 e. The molecule has 2 aromatic carbocycles. The van der Waals surface area contributed by atoms with Crippen molar-refractivity contribution in [3.63, 3.8) is 0 Å². The van der Waals surface area contributed by atoms with Crippen LogP contribution in [0.1, 0.15) is 5.56 Å². The van der Waals surface area contributed by atoms with E-state index in [1.165, 1.54) is 18.2 Å². The third kappa shape index (κ3) is 2.42. The molecule has 0 saturated carbocycles. The summed E-state index contributed by atoms with van der Waals surface area (Å²) in [4.78, 5) is 0. The summed E-state index contributed by atoms with van der Waals surface area (Å²) in [6.45, 7) is 0.950. The van der Waals surface area contributed by atoms with Crippen molar-refractivity contribution >= 4 is 23.2 Å². The normalized spacial score (nSPS) is 10.9. The van der Waals surface area contributed by atoms with Gasteiger partial charge in [0.25, 0.3) is 0 Å². The molecule has 0 N–H and O–H groups in total. The SMILES string of the molecule is Cc1c(F)c(F)c(-c2cc(Cl)cc(Cl)c2)c(F)c1F. The van der Waals surface area contributed by atoms with Gasteiger partial charge >= 0.3 is 0 Å². The van der Waals surface area contributed by atoms with Crippen molar-refractivity contribution in [2.24, 2.45) is 0 Å². The molecule has 0 aromatic heterocycles. The van der Waals surface area contributed by atoms with Gasteiger partial charge in [0.05, 0.1) is 5.56 Å². The molecule has 0 aliphatic heterocycles. The lowest BCUT2D eigenvalue weighted by atomic mass is 10.0. The van der Waals surface area contributed by atoms with Gasteiger partial charge in [0.1, 0.15) is 0 Å². The minimum atomic E-state index is -1.48. The molecule has 2 rings (SSSR count). The Morgan fingerprint density at radius 3 is 1.58 bits per heavy atom. The van der Waals surface area contributed by atoms with Gasteiger partial charge in [-0.2, -0.15) is 0 Å². The first-order valence-corrected chi connectivity index (χ1v) is 5.87. The molecule has 0 atom stereocenters. The lowest BCUT2D eigenvalue weighted by Gasteiger charge is -2.10. The Morgan fingerprint density at radius 1 is 0.737 bits per heavy atom. The van der Waals surface area contributed by atoms with E-state index < -0.39 is 34.4 Å². The first-order valence-electron chi connectivity index (χ1n) is 5.12. The van der Waals surface area contributed by atoms with Gasteiger partial charge in [-0.3, -0.25) is 0 Å². The summed E-state index contributed by atoms with van der Waals surface area (Å²) in [5.74, 6) is -5.83. The van der Waals surface area contributed by atoms with Gasteiger partial charge in [-0.1, -0.05) is 23.2 Å². The summed E-state index contributed by atoms with van der Waals surface area (Å²) >= 11 is 11.4. The molecule has 0 amide bonds. The average molecular weight is 309 g/mol. The van der Waals surface area contributed by atoms with E-state index in [0.717, 1.165) is 6.92 Å². The molecule has 0 bridgehead atoms. The lowest BCUT2D eigenvalue weighted by Crippen LogP contribution is -2.03. The first kappa shape index (κ1) is 14.2. The van der Waals surface area contributed by atoms with E-state index in [-0.39, 0.29) is 15.6 Å². The summed E-state index contributed by atoms with van der Waals surface area (Å²) in [6, 6.07) is 3.68. The van der Waals surface area contributed by atoms with Crippen LogP contribution in [0.4, 0.5) is 17.6 Å². The molecule has 100 valence electrons. The van der Waals surface area contributed by atoms with Crippen LogP contribution in [0.25, 0.3) is 11.1 Å². The van der Waals surface area contributed by atoms with Crippen molar-refractivity contribution in [1.82, 2.24) is 0 Å². The van der Waals surface area contributed by atoms with Crippen molar-refractivity contribution in [3.8, 4) is 11.1 Å². The summed E-state index contributed by atoms with van der Waals surface area (Å²) in [7, 11) is 0. The third-order valence-corrected chi connectivity index (χ3v) is 3.07. The van der Waals surface area contributed by atoms with Gasteiger partial charge in [-0.25, -0.2) is 17.6 Å². The molecule has 6 heteroatoms. The Hall–Kier alpha value is -1.26. The van der Waals surface area contributed by atoms with Crippen LogP contribution in [0, 0.1) is 30.2 Å². The van der Waals surface area contributed by atoms with Gasteiger partial charge in [-0.15, -0.1) is 0 Å². The average Bonchev–Trinajstić information content (AvgIpc) is 2.33. The Labute approximate surface area is 116 Å². The highest BCUT2D eigenvalue weighted by Gasteiger charge is 2.24. The molecule has 0 radical (unpaired) electrons. The van der Waals surface area contributed by atoms with Crippen LogP contribution in [0.3, 0.4) is 0 Å². The Morgan fingerprint density at radius 2 is 1.16 bits per heavy atom. The molecule has 19 heavy (non-hydrogen) atoms. The van der Waals surface area contributed by atoms with E-state index in [1.807, 2.05) is 0 Å². The second kappa shape index (κ2) is 5.02. The predicted octanol–water partition coefficient (Wildman–Crippen LogP) is 5.53. The van der Waals surface area contributed by atoms with Gasteiger partial charge < -0.3 is 0 Å². The molecule has 0 aliphatic rings. The molecule has 2 aromatic rings. The number of halogens is 6. The Bertz CT molecular complexity index is 619. The number of benzene rings is 2. The summed E-state index contributed by atoms with van der Waals surface area (Å²) < 4.78 is 54.5. The fraction of sp³-hybridized carbons (Fsp3) is 0.0769. The lowest BCUT2D eigenvalue weighted by molar-refractivity contribution is 0.449. The van der Waals surface area contributed by atoms with Crippen LogP contribution in [0.15, 0.2) is 18.2 Å². The topological polar surface area (TPSA) is 0 Å². The standard InChI is InChI=1S/C13H6Cl2F4/c1-5-10(16)12(18)9(13(19)11(5)17)6-2-7(14)4-8(15)3-6/h2-4H,1H3. The van der Waals surface area contributed by atoms with E-state index in [9.17, 15) is 17.6 Å². The zero-order valence-corrected chi connectivity index (χ0v) is 11.0. The van der Waals surface area contributed by atoms with Crippen LogP contribution < -0.4 is 0 Å². The zero-order valence-electron chi connectivity index (χ0n) is 9.50. The highest BCUT2D eigenvalue weighted by atomic mass is 35.5. The first-order chi connectivity index (χ1) is 8.82. The summed E-state index contributed by atoms with van der Waals surface area (Å²) in [6.07, 6.45) is 0. The van der Waals surface area contributed by atoms with Crippen molar-refractivity contribution in [1.29, 1.82) is 0 Å². The number of hydrogen-bond donors (Lipinski definition) is 0. The van der Waals surface area contributed by atoms with E-state index in [1.54, 1.807) is 0 Å². The Balaban J connectivity index is 2.82. The van der Waals surface area contributed by atoms with Gasteiger partial charge in [0.15, 0.2) is 23.3 Å². The molecule has 0 nitrogen and oxygen atoms in total. The second-order valence-electron chi connectivity index (χ2n) is 3.91. The second-order valence-corrected chi connectivity index (χ2v) is 4.79. The van der Waals surface area contributed by atoms with Crippen molar-refractivity contribution in [3.05, 3.63) is 57.1 Å². The quantitative estimate of drug-likeness (QED) is 0.480. The fourth-order valence-corrected chi connectivity index (χ4v) is 2.22. The smallest absolute Gasteiger partial charge is 0.170 e. The maximum absolute atomic E-state index is 13.8. The van der Waals surface area contributed by atoms with Gasteiger partial charge in [0, 0.05) is 15.6 Å². The van der Waals surface area contributed by atoms with Crippen molar-refractivity contribution < 1.29 is 17.6 Å². The molecule has 0 unspecified atom stereocenters. The predicted molar refractivity (Wildman–Crippen MR) is 66.5 cm³/mol. The molecule has 0 spiro atoms. The molecule has 0 aliphatic carbocycles. The maximum atomic E-state index is 13.8. The molecule has 0 fully saturated rings. The van der Waals surface area contributed by atoms with E-state index in [4.69, 9.17) is 23.2 Å². The monoisotopic (exact) mass is 308 g/mol. The van der Waals surface area contributed by atoms with Crippen LogP contribution in [0.2, 0.25) is 10.0 Å². The highest BCUT2D eigenvalue weighted by molar-refractivity contribution is 6.35. The zero-order chi connectivity index (χ0) is 14.3. The van der Waals surface area contributed by atoms with E-state index >= 15 is 0 Å². The van der Waals surface area contributed by atoms with E-state index in [2.05, 4.69) is 0 Å². The van der Waals surface area contributed by atoms with Crippen molar-refractivity contribution in [2.75, 3.05) is 0 Å². The third-order valence-electron chi connectivity index (χ3n) is 2.63. The van der Waals surface area contributed by atoms with Crippen LogP contribution in [-0.2, 0) is 0 Å². The van der Waals surface area contributed by atoms with Crippen LogP contribution in [0.5, 0.6) is 0 Å². The minimum Gasteiger partial charge on any atom is -0.203 e. The van der Waals surface area contributed by atoms with Gasteiger partial charge in [-0.05, 0) is 30.7 Å². The number of hydrogen-bond acceptors (Lipinski definition) is 0. The maximum Gasteiger partial charge on any atom is 0.170 e. The molecule has 0 heterocycles. The van der Waals surface area contributed by atoms with Crippen LogP contribution in [-0.4, -0.2) is 0 Å². The summed E-state index contributed by atoms with van der Waals surface area (Å²) in [5, 5.41) is 0.199. The fourth-order valence-electron chi connectivity index (χ4n) is 1.69. The summed E-state index contributed by atoms with van der Waals surface area (Å²) in [5.41, 5.74) is -1.68. The Kier molecular flexibility index (Phi) is 3.74. The number of rotatable bonds is 1.